The van der Waals surface area contributed by atoms with E-state index in [4.69, 9.17) is 0 Å². The predicted molar refractivity (Wildman–Crippen MR) is 82.6 cm³/mol. The maximum atomic E-state index is 3.81. The molecule has 1 aliphatic carbocycles. The van der Waals surface area contributed by atoms with Gasteiger partial charge in [0.25, 0.3) is 0 Å². The van der Waals surface area contributed by atoms with Crippen LogP contribution in [0.25, 0.3) is 0 Å². The summed E-state index contributed by atoms with van der Waals surface area (Å²) < 4.78 is 0. The third-order valence-electron chi connectivity index (χ3n) is 5.16. The van der Waals surface area contributed by atoms with E-state index in [-0.39, 0.29) is 0 Å². The van der Waals surface area contributed by atoms with Crippen molar-refractivity contribution in [2.75, 3.05) is 40.3 Å². The first-order valence-electron chi connectivity index (χ1n) is 8.29. The lowest BCUT2D eigenvalue weighted by Crippen LogP contribution is -2.48. The maximum absolute atomic E-state index is 3.81. The van der Waals surface area contributed by atoms with Gasteiger partial charge in [-0.1, -0.05) is 19.8 Å². The number of nitrogens with one attached hydrogen (secondary N) is 1. The van der Waals surface area contributed by atoms with E-state index in [0.29, 0.717) is 0 Å². The van der Waals surface area contributed by atoms with E-state index in [1.807, 2.05) is 0 Å². The van der Waals surface area contributed by atoms with Gasteiger partial charge in [0.2, 0.25) is 0 Å². The fourth-order valence-electron chi connectivity index (χ4n) is 3.68. The standard InChI is InChI=1S/C16H33N3/c1-14-7-4-5-9-16(14)17-10-12-19-11-6-8-15(13-19)18(2)3/h14-17H,4-13H2,1-3H3. The summed E-state index contributed by atoms with van der Waals surface area (Å²) in [6.45, 7) is 7.38. The van der Waals surface area contributed by atoms with Crippen LogP contribution in [-0.2, 0) is 0 Å². The molecule has 1 heterocycles. The molecule has 3 heteroatoms. The molecule has 1 saturated heterocycles. The maximum Gasteiger partial charge on any atom is 0.0217 e. The number of likely N-dealkylation sites (tertiary alicyclic amines) is 1. The van der Waals surface area contributed by atoms with Crippen LogP contribution in [0.5, 0.6) is 0 Å². The quantitative estimate of drug-likeness (QED) is 0.824. The fraction of sp³-hybridized carbons (Fsp3) is 1.00. The Morgan fingerprint density at radius 2 is 1.89 bits per heavy atom. The molecule has 0 bridgehead atoms. The van der Waals surface area contributed by atoms with Crippen molar-refractivity contribution in [3.63, 3.8) is 0 Å². The molecule has 3 atom stereocenters. The number of rotatable bonds is 5. The summed E-state index contributed by atoms with van der Waals surface area (Å²) in [5.41, 5.74) is 0. The van der Waals surface area contributed by atoms with Crippen LogP contribution >= 0.6 is 0 Å². The Morgan fingerprint density at radius 3 is 2.63 bits per heavy atom. The van der Waals surface area contributed by atoms with Gasteiger partial charge in [-0.15, -0.1) is 0 Å². The molecule has 2 rings (SSSR count). The molecule has 0 radical (unpaired) electrons. The zero-order chi connectivity index (χ0) is 13.7. The Kier molecular flexibility index (Phi) is 6.11. The Hall–Kier alpha value is -0.120. The van der Waals surface area contributed by atoms with Crippen molar-refractivity contribution in [3.8, 4) is 0 Å². The van der Waals surface area contributed by atoms with Crippen LogP contribution < -0.4 is 5.32 Å². The van der Waals surface area contributed by atoms with Gasteiger partial charge in [0, 0.05) is 31.7 Å². The van der Waals surface area contributed by atoms with Crippen LogP contribution in [-0.4, -0.2) is 62.2 Å². The van der Waals surface area contributed by atoms with Crippen molar-refractivity contribution in [2.45, 2.75) is 57.5 Å². The predicted octanol–water partition coefficient (Wildman–Crippen LogP) is 2.18. The number of hydrogen-bond donors (Lipinski definition) is 1. The summed E-state index contributed by atoms with van der Waals surface area (Å²) in [7, 11) is 4.44. The highest BCUT2D eigenvalue weighted by molar-refractivity contribution is 4.81. The fourth-order valence-corrected chi connectivity index (χ4v) is 3.68. The molecule has 2 fully saturated rings. The molecule has 112 valence electrons. The molecular formula is C16H33N3. The Balaban J connectivity index is 1.64. The summed E-state index contributed by atoms with van der Waals surface area (Å²) in [6, 6.07) is 1.55. The number of nitrogens with zero attached hydrogens (tertiary/aromatic N) is 2. The lowest BCUT2D eigenvalue weighted by Gasteiger charge is -2.37. The van der Waals surface area contributed by atoms with Crippen molar-refractivity contribution in [1.29, 1.82) is 0 Å². The van der Waals surface area contributed by atoms with Crippen LogP contribution in [0.2, 0.25) is 0 Å². The van der Waals surface area contributed by atoms with Gasteiger partial charge in [-0.05, 0) is 52.2 Å². The van der Waals surface area contributed by atoms with Gasteiger partial charge < -0.3 is 15.1 Å². The van der Waals surface area contributed by atoms with Gasteiger partial charge in [-0.25, -0.2) is 0 Å². The van der Waals surface area contributed by atoms with Crippen molar-refractivity contribution >= 4 is 0 Å². The summed E-state index contributed by atoms with van der Waals surface area (Å²) in [5, 5.41) is 3.81. The normalized spacial score (nSPS) is 33.8. The zero-order valence-electron chi connectivity index (χ0n) is 13.2. The van der Waals surface area contributed by atoms with Crippen molar-refractivity contribution < 1.29 is 0 Å². The Morgan fingerprint density at radius 1 is 1.11 bits per heavy atom. The first-order valence-corrected chi connectivity index (χ1v) is 8.29. The summed E-state index contributed by atoms with van der Waals surface area (Å²) in [4.78, 5) is 5.04. The van der Waals surface area contributed by atoms with E-state index in [1.165, 1.54) is 64.7 Å². The number of piperidine rings is 1. The second kappa shape index (κ2) is 7.61. The van der Waals surface area contributed by atoms with E-state index in [2.05, 4.69) is 36.1 Å². The average molecular weight is 267 g/mol. The lowest BCUT2D eigenvalue weighted by atomic mass is 9.86. The molecule has 2 aliphatic rings. The summed E-state index contributed by atoms with van der Waals surface area (Å²) >= 11 is 0. The van der Waals surface area contributed by atoms with Crippen molar-refractivity contribution in [2.24, 2.45) is 5.92 Å². The minimum atomic E-state index is 0.766. The van der Waals surface area contributed by atoms with Crippen LogP contribution in [0, 0.1) is 5.92 Å². The highest BCUT2D eigenvalue weighted by Gasteiger charge is 2.23. The van der Waals surface area contributed by atoms with Gasteiger partial charge in [0.1, 0.15) is 0 Å². The molecule has 0 spiro atoms. The van der Waals surface area contributed by atoms with Gasteiger partial charge in [-0.2, -0.15) is 0 Å². The average Bonchev–Trinajstić information content (AvgIpc) is 2.41. The molecule has 0 aromatic carbocycles. The lowest BCUT2D eigenvalue weighted by molar-refractivity contribution is 0.131. The van der Waals surface area contributed by atoms with E-state index < -0.39 is 0 Å². The smallest absolute Gasteiger partial charge is 0.0217 e. The molecule has 1 aliphatic heterocycles. The SMILES string of the molecule is CC1CCCCC1NCCN1CCCC(N(C)C)C1. The van der Waals surface area contributed by atoms with Crippen molar-refractivity contribution in [1.82, 2.24) is 15.1 Å². The van der Waals surface area contributed by atoms with E-state index in [0.717, 1.165) is 18.0 Å². The Bertz CT molecular complexity index is 254. The van der Waals surface area contributed by atoms with E-state index in [1.54, 1.807) is 0 Å². The largest absolute Gasteiger partial charge is 0.312 e. The Labute approximate surface area is 119 Å². The van der Waals surface area contributed by atoms with E-state index in [9.17, 15) is 0 Å². The molecule has 1 N–H and O–H groups in total. The molecule has 0 aromatic heterocycles. The minimum absolute atomic E-state index is 0.766. The van der Waals surface area contributed by atoms with Gasteiger partial charge in [-0.3, -0.25) is 0 Å². The van der Waals surface area contributed by atoms with E-state index >= 15 is 0 Å². The molecule has 1 saturated carbocycles. The topological polar surface area (TPSA) is 18.5 Å². The molecular weight excluding hydrogens is 234 g/mol. The van der Waals surface area contributed by atoms with Gasteiger partial charge in [0.15, 0.2) is 0 Å². The van der Waals surface area contributed by atoms with Crippen LogP contribution in [0.1, 0.15) is 45.4 Å². The monoisotopic (exact) mass is 267 g/mol. The molecule has 19 heavy (non-hydrogen) atoms. The zero-order valence-corrected chi connectivity index (χ0v) is 13.2. The minimum Gasteiger partial charge on any atom is -0.312 e. The third kappa shape index (κ3) is 4.73. The molecule has 0 aromatic rings. The summed E-state index contributed by atoms with van der Waals surface area (Å²) in [6.07, 6.45) is 8.41. The molecule has 0 amide bonds. The van der Waals surface area contributed by atoms with Crippen LogP contribution in [0.3, 0.4) is 0 Å². The molecule has 3 nitrogen and oxygen atoms in total. The first kappa shape index (κ1) is 15.3. The number of likely N-dealkylation sites (N-methyl/N-ethyl adjacent to an activating group) is 1. The third-order valence-corrected chi connectivity index (χ3v) is 5.16. The van der Waals surface area contributed by atoms with Crippen LogP contribution in [0.4, 0.5) is 0 Å². The second-order valence-electron chi connectivity index (χ2n) is 6.88. The second-order valence-corrected chi connectivity index (χ2v) is 6.88. The van der Waals surface area contributed by atoms with Crippen molar-refractivity contribution in [3.05, 3.63) is 0 Å². The first-order chi connectivity index (χ1) is 9.16. The molecule has 3 unspecified atom stereocenters. The summed E-state index contributed by atoms with van der Waals surface area (Å²) in [5.74, 6) is 0.879. The highest BCUT2D eigenvalue weighted by atomic mass is 15.2. The van der Waals surface area contributed by atoms with Crippen LogP contribution in [0.15, 0.2) is 0 Å². The highest BCUT2D eigenvalue weighted by Crippen LogP contribution is 2.23. The van der Waals surface area contributed by atoms with Gasteiger partial charge in [0.05, 0.1) is 0 Å². The number of hydrogen-bond acceptors (Lipinski definition) is 3. The van der Waals surface area contributed by atoms with Gasteiger partial charge >= 0.3 is 0 Å².